The molecule has 0 aliphatic heterocycles. The molecule has 2 aromatic carbocycles. The van der Waals surface area contributed by atoms with Gasteiger partial charge >= 0.3 is 11.4 Å². The fourth-order valence-electron chi connectivity index (χ4n) is 2.47. The van der Waals surface area contributed by atoms with Crippen LogP contribution in [0.1, 0.15) is 5.56 Å². The molecule has 0 spiro atoms. The SMILES string of the molecule is N#Cc1c([N+](=O)[O-])cnc([N]N(c2ccccc2)c2ccccc2)c1[N+](=O)[O-]. The lowest BCUT2D eigenvalue weighted by Gasteiger charge is -2.22. The first-order valence-electron chi connectivity index (χ1n) is 7.86. The van der Waals surface area contributed by atoms with Gasteiger partial charge in [-0.15, -0.1) is 5.43 Å². The second-order valence-electron chi connectivity index (χ2n) is 5.40. The molecule has 0 saturated carbocycles. The van der Waals surface area contributed by atoms with Crippen LogP contribution in [-0.4, -0.2) is 14.8 Å². The molecule has 10 heteroatoms. The molecule has 1 aromatic heterocycles. The molecule has 3 aromatic rings. The number of para-hydroxylation sites is 2. The van der Waals surface area contributed by atoms with Gasteiger partial charge in [-0.25, -0.2) is 9.99 Å². The highest BCUT2D eigenvalue weighted by atomic mass is 16.6. The van der Waals surface area contributed by atoms with Gasteiger partial charge in [0.2, 0.25) is 5.56 Å². The monoisotopic (exact) mass is 375 g/mol. The predicted octanol–water partition coefficient (Wildman–Crippen LogP) is 3.76. The molecular weight excluding hydrogens is 364 g/mol. The maximum atomic E-state index is 11.5. The number of anilines is 2. The Hall–Kier alpha value is -4.52. The first-order chi connectivity index (χ1) is 13.5. The Kier molecular flexibility index (Phi) is 5.09. The molecule has 0 aliphatic rings. The number of nitro groups is 2. The summed E-state index contributed by atoms with van der Waals surface area (Å²) in [7, 11) is 0. The van der Waals surface area contributed by atoms with E-state index in [9.17, 15) is 25.5 Å². The summed E-state index contributed by atoms with van der Waals surface area (Å²) in [6.45, 7) is 0. The van der Waals surface area contributed by atoms with Crippen LogP contribution in [0, 0.1) is 31.6 Å². The van der Waals surface area contributed by atoms with E-state index in [-0.39, 0.29) is 0 Å². The van der Waals surface area contributed by atoms with Crippen molar-refractivity contribution in [2.75, 3.05) is 5.01 Å². The van der Waals surface area contributed by atoms with Crippen LogP contribution < -0.4 is 10.4 Å². The molecular formula is C18H11N6O4. The lowest BCUT2D eigenvalue weighted by molar-refractivity contribution is -0.394. The van der Waals surface area contributed by atoms with Gasteiger partial charge in [-0.05, 0) is 24.3 Å². The van der Waals surface area contributed by atoms with Crippen molar-refractivity contribution in [3.63, 3.8) is 0 Å². The van der Waals surface area contributed by atoms with Crippen molar-refractivity contribution in [3.05, 3.63) is 92.7 Å². The second-order valence-corrected chi connectivity index (χ2v) is 5.40. The smallest absolute Gasteiger partial charge is 0.258 e. The van der Waals surface area contributed by atoms with Crippen molar-refractivity contribution in [2.24, 2.45) is 0 Å². The predicted molar refractivity (Wildman–Crippen MR) is 99.1 cm³/mol. The van der Waals surface area contributed by atoms with Gasteiger partial charge in [0, 0.05) is 0 Å². The molecule has 10 nitrogen and oxygen atoms in total. The molecule has 1 heterocycles. The minimum absolute atomic E-state index is 0.417. The highest BCUT2D eigenvalue weighted by Gasteiger charge is 2.32. The molecule has 28 heavy (non-hydrogen) atoms. The molecule has 0 bridgehead atoms. The van der Waals surface area contributed by atoms with Crippen molar-refractivity contribution in [1.29, 1.82) is 5.26 Å². The second kappa shape index (κ2) is 7.79. The first kappa shape index (κ1) is 18.3. The van der Waals surface area contributed by atoms with Gasteiger partial charge in [-0.3, -0.25) is 20.2 Å². The molecule has 0 saturated heterocycles. The van der Waals surface area contributed by atoms with Gasteiger partial charge in [0.1, 0.15) is 12.3 Å². The van der Waals surface area contributed by atoms with Crippen LogP contribution in [0.4, 0.5) is 28.6 Å². The number of aromatic nitrogens is 1. The third kappa shape index (κ3) is 3.54. The third-order valence-electron chi connectivity index (χ3n) is 3.70. The Morgan fingerprint density at radius 2 is 1.46 bits per heavy atom. The summed E-state index contributed by atoms with van der Waals surface area (Å²) in [5, 5.41) is 33.3. The summed E-state index contributed by atoms with van der Waals surface area (Å²) in [4.78, 5) is 24.6. The third-order valence-corrected chi connectivity index (χ3v) is 3.70. The number of hydrogen-bond acceptors (Lipinski definition) is 7. The van der Waals surface area contributed by atoms with Crippen molar-refractivity contribution in [3.8, 4) is 6.07 Å². The summed E-state index contributed by atoms with van der Waals surface area (Å²) < 4.78 is 0. The van der Waals surface area contributed by atoms with E-state index in [0.29, 0.717) is 11.4 Å². The van der Waals surface area contributed by atoms with Crippen LogP contribution in [0.3, 0.4) is 0 Å². The molecule has 3 rings (SSSR count). The standard InChI is InChI=1S/C18H11N6O4/c19-11-15-16(23(25)26)12-20-18(17(15)24(27)28)21-22(13-7-3-1-4-8-13)14-9-5-2-6-10-14/h1-10,12H. The molecule has 0 amide bonds. The van der Waals surface area contributed by atoms with Crippen molar-refractivity contribution in [2.45, 2.75) is 0 Å². The maximum absolute atomic E-state index is 11.5. The molecule has 0 aliphatic carbocycles. The maximum Gasteiger partial charge on any atom is 0.340 e. The Bertz CT molecular complexity index is 1030. The molecule has 0 atom stereocenters. The fourth-order valence-corrected chi connectivity index (χ4v) is 2.47. The molecule has 0 unspecified atom stereocenters. The minimum atomic E-state index is -0.897. The normalized spacial score (nSPS) is 9.96. The highest BCUT2D eigenvalue weighted by molar-refractivity contribution is 5.71. The van der Waals surface area contributed by atoms with E-state index in [2.05, 4.69) is 10.4 Å². The number of benzene rings is 2. The zero-order chi connectivity index (χ0) is 20.1. The zero-order valence-electron chi connectivity index (χ0n) is 14.2. The summed E-state index contributed by atoms with van der Waals surface area (Å²) in [5.41, 5.74) is 3.13. The minimum Gasteiger partial charge on any atom is -0.258 e. The van der Waals surface area contributed by atoms with E-state index in [1.54, 1.807) is 60.7 Å². The number of rotatable bonds is 6. The molecule has 0 fully saturated rings. The van der Waals surface area contributed by atoms with Gasteiger partial charge in [0.15, 0.2) is 0 Å². The van der Waals surface area contributed by atoms with E-state index in [4.69, 9.17) is 0 Å². The number of pyridine rings is 1. The van der Waals surface area contributed by atoms with Gasteiger partial charge < -0.3 is 0 Å². The zero-order valence-corrected chi connectivity index (χ0v) is 14.2. The Labute approximate surface area is 158 Å². The van der Waals surface area contributed by atoms with Gasteiger partial charge in [0.25, 0.3) is 5.82 Å². The average Bonchev–Trinajstić information content (AvgIpc) is 2.72. The number of nitriles is 1. The Balaban J connectivity index is 2.15. The van der Waals surface area contributed by atoms with Crippen LogP contribution in [0.25, 0.3) is 0 Å². The Morgan fingerprint density at radius 3 is 1.89 bits per heavy atom. The van der Waals surface area contributed by atoms with E-state index in [1.807, 2.05) is 0 Å². The van der Waals surface area contributed by atoms with Crippen LogP contribution in [-0.2, 0) is 0 Å². The molecule has 0 N–H and O–H groups in total. The Morgan fingerprint density at radius 1 is 0.929 bits per heavy atom. The topological polar surface area (TPSA) is 140 Å². The average molecular weight is 375 g/mol. The summed E-state index contributed by atoms with van der Waals surface area (Å²) in [6.07, 6.45) is 0.790. The van der Waals surface area contributed by atoms with Crippen LogP contribution in [0.15, 0.2) is 66.9 Å². The van der Waals surface area contributed by atoms with Crippen molar-refractivity contribution in [1.82, 2.24) is 10.4 Å². The van der Waals surface area contributed by atoms with Crippen LogP contribution in [0.2, 0.25) is 0 Å². The lowest BCUT2D eigenvalue weighted by atomic mass is 10.2. The highest BCUT2D eigenvalue weighted by Crippen LogP contribution is 2.35. The first-order valence-corrected chi connectivity index (χ1v) is 7.86. The largest absolute Gasteiger partial charge is 0.340 e. The quantitative estimate of drug-likeness (QED) is 0.472. The summed E-state index contributed by atoms with van der Waals surface area (Å²) in [5.74, 6) is -0.417. The summed E-state index contributed by atoms with van der Waals surface area (Å²) in [6, 6.07) is 19.1. The molecule has 137 valence electrons. The van der Waals surface area contributed by atoms with Gasteiger partial charge in [-0.1, -0.05) is 36.4 Å². The molecule has 1 radical (unpaired) electrons. The fraction of sp³-hybridized carbons (Fsp3) is 0. The van der Waals surface area contributed by atoms with Crippen LogP contribution >= 0.6 is 0 Å². The van der Waals surface area contributed by atoms with Crippen molar-refractivity contribution >= 4 is 28.6 Å². The van der Waals surface area contributed by atoms with Crippen molar-refractivity contribution < 1.29 is 9.85 Å². The van der Waals surface area contributed by atoms with E-state index >= 15 is 0 Å². The van der Waals surface area contributed by atoms with E-state index < -0.39 is 32.6 Å². The lowest BCUT2D eigenvalue weighted by Crippen LogP contribution is -2.25. The summed E-state index contributed by atoms with van der Waals surface area (Å²) >= 11 is 0. The van der Waals surface area contributed by atoms with Gasteiger partial charge in [0.05, 0.1) is 21.2 Å². The van der Waals surface area contributed by atoms with Crippen LogP contribution in [0.5, 0.6) is 0 Å². The van der Waals surface area contributed by atoms with Gasteiger partial charge in [-0.2, -0.15) is 5.26 Å². The number of hydrogen-bond donors (Lipinski definition) is 0. The van der Waals surface area contributed by atoms with E-state index in [1.165, 1.54) is 11.1 Å². The van der Waals surface area contributed by atoms with E-state index in [0.717, 1.165) is 6.20 Å². The number of nitrogens with zero attached hydrogens (tertiary/aromatic N) is 6.